The standard InChI is InChI=1S/C23H18F5N5O3S/c1-9-11(19-32-33-21(36-19)23(26,27)28)4-5-16(30-9)31-20-12(18(29)34)8-15(37-20)17-13(24)6-10(7-14(17)25)22(2,3)35/h4-8,35H,1-3H3,(H2,29,34)(H,30,31). The van der Waals surface area contributed by atoms with Gasteiger partial charge in [-0.15, -0.1) is 21.5 Å². The summed E-state index contributed by atoms with van der Waals surface area (Å²) in [5.74, 6) is -4.50. The number of carbonyl (C=O) groups excluding carboxylic acids is 1. The van der Waals surface area contributed by atoms with E-state index >= 15 is 0 Å². The first-order valence-corrected chi connectivity index (χ1v) is 11.3. The molecule has 0 fully saturated rings. The van der Waals surface area contributed by atoms with Gasteiger partial charge in [-0.05, 0) is 56.7 Å². The number of halogens is 5. The van der Waals surface area contributed by atoms with Gasteiger partial charge < -0.3 is 20.6 Å². The number of benzene rings is 1. The number of aromatic nitrogens is 3. The van der Waals surface area contributed by atoms with Crippen molar-refractivity contribution in [3.63, 3.8) is 0 Å². The van der Waals surface area contributed by atoms with E-state index in [9.17, 15) is 31.9 Å². The van der Waals surface area contributed by atoms with Gasteiger partial charge in [-0.2, -0.15) is 13.2 Å². The lowest BCUT2D eigenvalue weighted by atomic mass is 9.96. The van der Waals surface area contributed by atoms with Crippen LogP contribution in [0, 0.1) is 18.6 Å². The maximum Gasteiger partial charge on any atom is 0.470 e. The molecule has 3 heterocycles. The van der Waals surface area contributed by atoms with Crippen LogP contribution in [-0.4, -0.2) is 26.2 Å². The Hall–Kier alpha value is -3.91. The van der Waals surface area contributed by atoms with Crippen LogP contribution in [0.5, 0.6) is 0 Å². The Morgan fingerprint density at radius 3 is 2.27 bits per heavy atom. The molecular weight excluding hydrogens is 521 g/mol. The zero-order valence-corrected chi connectivity index (χ0v) is 20.2. The number of carbonyl (C=O) groups is 1. The van der Waals surface area contributed by atoms with Crippen molar-refractivity contribution in [1.82, 2.24) is 15.2 Å². The van der Waals surface area contributed by atoms with Crippen LogP contribution in [0.4, 0.5) is 32.8 Å². The second-order valence-electron chi connectivity index (χ2n) is 8.46. The number of nitrogens with one attached hydrogen (secondary N) is 1. The quantitative estimate of drug-likeness (QED) is 0.275. The summed E-state index contributed by atoms with van der Waals surface area (Å²) < 4.78 is 72.6. The highest BCUT2D eigenvalue weighted by molar-refractivity contribution is 7.20. The predicted octanol–water partition coefficient (Wildman–Crippen LogP) is 5.54. The summed E-state index contributed by atoms with van der Waals surface area (Å²) in [6, 6.07) is 5.98. The third kappa shape index (κ3) is 5.29. The molecular formula is C23H18F5N5O3S. The molecule has 1 aromatic carbocycles. The van der Waals surface area contributed by atoms with Gasteiger partial charge in [-0.25, -0.2) is 13.8 Å². The second kappa shape index (κ2) is 9.19. The lowest BCUT2D eigenvalue weighted by Crippen LogP contribution is -2.16. The largest absolute Gasteiger partial charge is 0.470 e. The van der Waals surface area contributed by atoms with E-state index in [1.807, 2.05) is 0 Å². The maximum absolute atomic E-state index is 14.8. The smallest absolute Gasteiger partial charge is 0.413 e. The molecule has 194 valence electrons. The summed E-state index contributed by atoms with van der Waals surface area (Å²) in [5, 5.41) is 19.4. The van der Waals surface area contributed by atoms with Crippen LogP contribution in [0.3, 0.4) is 0 Å². The van der Waals surface area contributed by atoms with E-state index < -0.39 is 40.8 Å². The molecule has 1 amide bonds. The average molecular weight is 539 g/mol. The van der Waals surface area contributed by atoms with Gasteiger partial charge >= 0.3 is 12.1 Å². The summed E-state index contributed by atoms with van der Waals surface area (Å²) >= 11 is 0.830. The van der Waals surface area contributed by atoms with E-state index in [4.69, 9.17) is 5.73 Å². The molecule has 14 heteroatoms. The lowest BCUT2D eigenvalue weighted by molar-refractivity contribution is -0.156. The number of rotatable bonds is 6. The van der Waals surface area contributed by atoms with Crippen molar-refractivity contribution < 1.29 is 36.3 Å². The van der Waals surface area contributed by atoms with Crippen molar-refractivity contribution in [2.24, 2.45) is 5.73 Å². The van der Waals surface area contributed by atoms with Crippen LogP contribution in [0.25, 0.3) is 21.9 Å². The zero-order chi connectivity index (χ0) is 27.3. The molecule has 0 unspecified atom stereocenters. The van der Waals surface area contributed by atoms with Crippen molar-refractivity contribution in [3.8, 4) is 21.9 Å². The van der Waals surface area contributed by atoms with Crippen molar-refractivity contribution >= 4 is 28.1 Å². The Kier molecular flexibility index (Phi) is 6.50. The van der Waals surface area contributed by atoms with Crippen LogP contribution in [0.1, 0.15) is 41.4 Å². The van der Waals surface area contributed by atoms with E-state index in [1.54, 1.807) is 0 Å². The van der Waals surface area contributed by atoms with Gasteiger partial charge in [-0.3, -0.25) is 4.79 Å². The van der Waals surface area contributed by atoms with Gasteiger partial charge in [0.15, 0.2) is 0 Å². The molecule has 0 bridgehead atoms. The van der Waals surface area contributed by atoms with E-state index in [-0.39, 0.29) is 44.0 Å². The molecule has 4 N–H and O–H groups in total. The summed E-state index contributed by atoms with van der Waals surface area (Å²) in [5.41, 5.74) is 3.88. The number of primary amides is 1. The number of hydrogen-bond acceptors (Lipinski definition) is 8. The van der Waals surface area contributed by atoms with Gasteiger partial charge in [-0.1, -0.05) is 0 Å². The van der Waals surface area contributed by atoms with Crippen molar-refractivity contribution in [2.75, 3.05) is 5.32 Å². The van der Waals surface area contributed by atoms with Crippen molar-refractivity contribution in [3.05, 3.63) is 64.7 Å². The number of hydrogen-bond donors (Lipinski definition) is 3. The Balaban J connectivity index is 1.68. The molecule has 3 aromatic heterocycles. The average Bonchev–Trinajstić information content (AvgIpc) is 3.40. The molecule has 0 spiro atoms. The highest BCUT2D eigenvalue weighted by atomic mass is 32.1. The zero-order valence-electron chi connectivity index (χ0n) is 19.4. The molecule has 0 saturated carbocycles. The molecule has 0 atom stereocenters. The van der Waals surface area contributed by atoms with Crippen LogP contribution in [0.15, 0.2) is 34.7 Å². The summed E-state index contributed by atoms with van der Waals surface area (Å²) in [7, 11) is 0. The van der Waals surface area contributed by atoms with Gasteiger partial charge in [0.05, 0.1) is 28.0 Å². The highest BCUT2D eigenvalue weighted by Crippen LogP contribution is 2.40. The summed E-state index contributed by atoms with van der Waals surface area (Å²) in [6.07, 6.45) is -4.80. The van der Waals surface area contributed by atoms with Gasteiger partial charge in [0.1, 0.15) is 22.5 Å². The Labute approximate surface area is 210 Å². The fourth-order valence-corrected chi connectivity index (χ4v) is 4.49. The molecule has 0 aliphatic carbocycles. The van der Waals surface area contributed by atoms with Gasteiger partial charge in [0.25, 0.3) is 5.91 Å². The number of pyridine rings is 1. The van der Waals surface area contributed by atoms with Crippen LogP contribution in [-0.2, 0) is 11.8 Å². The Morgan fingerprint density at radius 2 is 1.76 bits per heavy atom. The van der Waals surface area contributed by atoms with E-state index in [0.29, 0.717) is 0 Å². The first kappa shape index (κ1) is 26.2. The predicted molar refractivity (Wildman–Crippen MR) is 124 cm³/mol. The number of nitrogens with zero attached hydrogens (tertiary/aromatic N) is 3. The fraction of sp³-hybridized carbons (Fsp3) is 0.217. The normalized spacial score (nSPS) is 12.1. The molecule has 0 radical (unpaired) electrons. The number of alkyl halides is 3. The molecule has 0 aliphatic heterocycles. The van der Waals surface area contributed by atoms with Crippen LogP contribution >= 0.6 is 11.3 Å². The number of aryl methyl sites for hydroxylation is 1. The van der Waals surface area contributed by atoms with Crippen LogP contribution in [0.2, 0.25) is 0 Å². The molecule has 8 nitrogen and oxygen atoms in total. The highest BCUT2D eigenvalue weighted by Gasteiger charge is 2.38. The van der Waals surface area contributed by atoms with Crippen LogP contribution < -0.4 is 11.1 Å². The third-order valence-corrected chi connectivity index (χ3v) is 6.29. The fourth-order valence-electron chi connectivity index (χ4n) is 3.37. The minimum atomic E-state index is -4.80. The maximum atomic E-state index is 14.8. The number of amides is 1. The molecule has 0 saturated heterocycles. The molecule has 4 aromatic rings. The van der Waals surface area contributed by atoms with E-state index in [2.05, 4.69) is 24.9 Å². The van der Waals surface area contributed by atoms with Gasteiger partial charge in [0, 0.05) is 4.88 Å². The molecule has 0 aliphatic rings. The Morgan fingerprint density at radius 1 is 1.11 bits per heavy atom. The first-order chi connectivity index (χ1) is 17.1. The molecule has 4 rings (SSSR count). The van der Waals surface area contributed by atoms with Crippen molar-refractivity contribution in [1.29, 1.82) is 0 Å². The number of anilines is 2. The summed E-state index contributed by atoms with van der Waals surface area (Å²) in [4.78, 5) is 16.3. The minimum Gasteiger partial charge on any atom is -0.413 e. The second-order valence-corrected chi connectivity index (χ2v) is 9.51. The third-order valence-electron chi connectivity index (χ3n) is 5.22. The van der Waals surface area contributed by atoms with Crippen molar-refractivity contribution in [2.45, 2.75) is 32.5 Å². The minimum absolute atomic E-state index is 0.0274. The first-order valence-electron chi connectivity index (χ1n) is 10.5. The monoisotopic (exact) mass is 539 g/mol. The number of aliphatic hydroxyl groups is 1. The lowest BCUT2D eigenvalue weighted by Gasteiger charge is -2.18. The van der Waals surface area contributed by atoms with Gasteiger partial charge in [0.2, 0.25) is 5.89 Å². The van der Waals surface area contributed by atoms with E-state index in [0.717, 1.165) is 23.5 Å². The Bertz CT molecular complexity index is 1480. The number of nitrogens with two attached hydrogens (primary N) is 1. The molecule has 37 heavy (non-hydrogen) atoms. The van der Waals surface area contributed by atoms with E-state index in [1.165, 1.54) is 39.0 Å². The SMILES string of the molecule is Cc1nc(Nc2sc(-c3c(F)cc(C(C)(C)O)cc3F)cc2C(N)=O)ccc1-c1nnc(C(F)(F)F)o1. The number of thiophene rings is 1. The summed E-state index contributed by atoms with van der Waals surface area (Å²) in [6.45, 7) is 4.25. The topological polar surface area (TPSA) is 127 Å².